The molecule has 6 heteroatoms. The van der Waals surface area contributed by atoms with Gasteiger partial charge in [0.05, 0.1) is 0 Å². The van der Waals surface area contributed by atoms with Gasteiger partial charge in [0.15, 0.2) is 0 Å². The molecule has 0 saturated carbocycles. The second-order valence-electron chi connectivity index (χ2n) is 1.09. The van der Waals surface area contributed by atoms with E-state index in [-0.39, 0.29) is 106 Å². The van der Waals surface area contributed by atoms with Gasteiger partial charge in [0.1, 0.15) is 0 Å². The number of hydrogen-bond acceptors (Lipinski definition) is 1. The van der Waals surface area contributed by atoms with E-state index in [4.69, 9.17) is 5.11 Å². The molecule has 0 aliphatic carbocycles. The summed E-state index contributed by atoms with van der Waals surface area (Å²) < 4.78 is 0. The summed E-state index contributed by atoms with van der Waals surface area (Å²) in [5, 5.41) is 8.06. The van der Waals surface area contributed by atoms with Gasteiger partial charge in [-0.3, -0.25) is 0 Å². The Morgan fingerprint density at radius 2 is 0.889 bits per heavy atom. The van der Waals surface area contributed by atoms with Gasteiger partial charge in [-0.1, -0.05) is 0 Å². The molecule has 0 aromatic rings. The van der Waals surface area contributed by atoms with E-state index in [1.54, 1.807) is 13.8 Å². The predicted molar refractivity (Wildman–Crippen MR) is 19.4 cm³/mol. The first kappa shape index (κ1) is 41.6. The van der Waals surface area contributed by atoms with Crippen LogP contribution in [0.2, 0.25) is 0 Å². The molecule has 9 heavy (non-hydrogen) atoms. The van der Waals surface area contributed by atoms with E-state index in [9.17, 15) is 0 Å². The molecule has 52 valence electrons. The van der Waals surface area contributed by atoms with Crippen molar-refractivity contribution in [1.82, 2.24) is 0 Å². The fourth-order valence-electron chi connectivity index (χ4n) is 0. The maximum Gasteiger partial charge on any atom is 3.00 e. The topological polar surface area (TPSA) is 106 Å². The molecule has 1 N–H and O–H groups in total. The minimum absolute atomic E-state index is 0. The van der Waals surface area contributed by atoms with E-state index in [1.165, 1.54) is 0 Å². The van der Waals surface area contributed by atoms with Crippen molar-refractivity contribution in [2.24, 2.45) is 0 Å². The molecule has 0 aliphatic heterocycles. The van der Waals surface area contributed by atoms with Gasteiger partial charge in [0, 0.05) is 6.10 Å². The average molecular weight is 388 g/mol. The van der Waals surface area contributed by atoms with Gasteiger partial charge >= 0.3 is 83.5 Å². The minimum Gasteiger partial charge on any atom is -2.00 e. The van der Waals surface area contributed by atoms with E-state index in [2.05, 4.69) is 0 Å². The molecule has 0 aromatic carbocycles. The summed E-state index contributed by atoms with van der Waals surface area (Å²) in [6, 6.07) is 0. The Kier molecular flexibility index (Phi) is 144. The van der Waals surface area contributed by atoms with Gasteiger partial charge in [0.2, 0.25) is 0 Å². The zero-order chi connectivity index (χ0) is 3.58. The molecule has 0 amide bonds. The van der Waals surface area contributed by atoms with Crippen LogP contribution < -0.4 is 0 Å². The first-order chi connectivity index (χ1) is 1.73. The fourth-order valence-corrected chi connectivity index (χ4v) is 0. The van der Waals surface area contributed by atoms with Crippen molar-refractivity contribution in [3.8, 4) is 0 Å². The maximum absolute atomic E-state index is 8.06. The summed E-state index contributed by atoms with van der Waals surface area (Å²) in [4.78, 5) is 0. The first-order valence-corrected chi connectivity index (χ1v) is 1.41. The third-order valence-electron chi connectivity index (χ3n) is 0. The van der Waals surface area contributed by atoms with Gasteiger partial charge in [0.25, 0.3) is 0 Å². The minimum atomic E-state index is -0.167. The molecule has 0 fully saturated rings. The number of rotatable bonds is 0. The summed E-state index contributed by atoms with van der Waals surface area (Å²) in [6.07, 6.45) is -0.167. The Labute approximate surface area is 122 Å². The molecule has 0 aromatic heterocycles. The quantitative estimate of drug-likeness (QED) is 0.621. The fraction of sp³-hybridized carbons (Fsp3) is 1.00. The molecular weight excluding hydrogens is 380 g/mol. The first-order valence-electron chi connectivity index (χ1n) is 1.41. The number of aliphatic hydroxyl groups is 1. The van der Waals surface area contributed by atoms with Crippen LogP contribution in [-0.4, -0.2) is 11.2 Å². The number of hydrogen-bond donors (Lipinski definition) is 1. The van der Waals surface area contributed by atoms with Crippen molar-refractivity contribution >= 4 is 0 Å². The van der Waals surface area contributed by atoms with Crippen LogP contribution in [0.3, 0.4) is 0 Å². The molecule has 0 saturated heterocycles. The molecular formula is C3H8Ce2O4. The van der Waals surface area contributed by atoms with Crippen molar-refractivity contribution in [3.63, 3.8) is 0 Å². The van der Waals surface area contributed by atoms with Crippen LogP contribution in [0.4, 0.5) is 0 Å². The molecule has 2 radical (unpaired) electrons. The Bertz CT molecular complexity index is 18.5. The molecule has 4 nitrogen and oxygen atoms in total. The van der Waals surface area contributed by atoms with Crippen molar-refractivity contribution < 1.29 is 105 Å². The number of aliphatic hydroxyl groups excluding tert-OH is 1. The zero-order valence-corrected chi connectivity index (χ0v) is 11.5. The monoisotopic (exact) mass is 388 g/mol. The van der Waals surface area contributed by atoms with Gasteiger partial charge in [-0.15, -0.1) is 0 Å². The standard InChI is InChI=1S/C3H8O.2Ce.3O/c1-3(2)4;;;;;/h3-4H,1-2H3;;;;;/q;2*+3;3*-2. The zero-order valence-electron chi connectivity index (χ0n) is 5.25. The van der Waals surface area contributed by atoms with Gasteiger partial charge < -0.3 is 21.5 Å². The van der Waals surface area contributed by atoms with Crippen molar-refractivity contribution in [2.75, 3.05) is 0 Å². The van der Waals surface area contributed by atoms with E-state index in [0.717, 1.165) is 0 Å². The Morgan fingerprint density at radius 1 is 0.889 bits per heavy atom. The van der Waals surface area contributed by atoms with E-state index in [1.807, 2.05) is 0 Å². The van der Waals surface area contributed by atoms with Crippen LogP contribution in [0, 0.1) is 83.5 Å². The van der Waals surface area contributed by atoms with Crippen molar-refractivity contribution in [3.05, 3.63) is 0 Å². The molecule has 0 atom stereocenters. The Hall–Kier alpha value is 2.59. The van der Waals surface area contributed by atoms with Gasteiger partial charge in [-0.25, -0.2) is 0 Å². The summed E-state index contributed by atoms with van der Waals surface area (Å²) >= 11 is 0. The summed E-state index contributed by atoms with van der Waals surface area (Å²) in [6.45, 7) is 3.44. The van der Waals surface area contributed by atoms with E-state index >= 15 is 0 Å². The Balaban J connectivity index is -0.00000000450. The summed E-state index contributed by atoms with van der Waals surface area (Å²) in [7, 11) is 0. The summed E-state index contributed by atoms with van der Waals surface area (Å²) in [5.74, 6) is 0. The maximum atomic E-state index is 8.06. The van der Waals surface area contributed by atoms with Crippen molar-refractivity contribution in [1.29, 1.82) is 0 Å². The van der Waals surface area contributed by atoms with Gasteiger partial charge in [-0.05, 0) is 13.8 Å². The smallest absolute Gasteiger partial charge is 2.00 e. The average Bonchev–Trinajstić information content (AvgIpc) is 0.811. The normalized spacial score (nSPS) is 4.00. The van der Waals surface area contributed by atoms with Crippen molar-refractivity contribution in [2.45, 2.75) is 20.0 Å². The van der Waals surface area contributed by atoms with Crippen LogP contribution >= 0.6 is 0 Å². The second kappa shape index (κ2) is 31.2. The molecule has 0 rings (SSSR count). The van der Waals surface area contributed by atoms with Crippen LogP contribution in [0.1, 0.15) is 13.8 Å². The third-order valence-corrected chi connectivity index (χ3v) is 0. The SMILES string of the molecule is CC(C)O.[Ce+3].[Ce+3].[O-2].[O-2].[O-2]. The van der Waals surface area contributed by atoms with Gasteiger partial charge in [-0.2, -0.15) is 0 Å². The predicted octanol–water partition coefficient (Wildman–Crippen LogP) is 0.0307. The van der Waals surface area contributed by atoms with Crippen LogP contribution in [0.5, 0.6) is 0 Å². The molecule has 0 bridgehead atoms. The largest absolute Gasteiger partial charge is 3.00 e. The third kappa shape index (κ3) is 116. The van der Waals surface area contributed by atoms with E-state index < -0.39 is 0 Å². The van der Waals surface area contributed by atoms with Crippen LogP contribution in [0.25, 0.3) is 0 Å². The molecule has 0 aliphatic rings. The van der Waals surface area contributed by atoms with E-state index in [0.29, 0.717) is 0 Å². The molecule has 0 spiro atoms. The second-order valence-corrected chi connectivity index (χ2v) is 1.09. The van der Waals surface area contributed by atoms with Crippen LogP contribution in [-0.2, 0) is 16.4 Å². The summed E-state index contributed by atoms with van der Waals surface area (Å²) in [5.41, 5.74) is 0. The Morgan fingerprint density at radius 3 is 0.889 bits per heavy atom. The molecule has 0 heterocycles. The molecule has 0 unspecified atom stereocenters. The van der Waals surface area contributed by atoms with Crippen LogP contribution in [0.15, 0.2) is 0 Å².